The first kappa shape index (κ1) is 13.8. The van der Waals surface area contributed by atoms with E-state index < -0.39 is 5.97 Å². The average Bonchev–Trinajstić information content (AvgIpc) is 2.44. The fraction of sp³-hybridized carbons (Fsp3) is 0.267. The second-order valence-corrected chi connectivity index (χ2v) is 4.59. The van der Waals surface area contributed by atoms with Crippen molar-refractivity contribution in [3.8, 4) is 6.07 Å². The van der Waals surface area contributed by atoms with Gasteiger partial charge < -0.3 is 9.30 Å². The van der Waals surface area contributed by atoms with Crippen LogP contribution in [0.15, 0.2) is 23.1 Å². The first-order chi connectivity index (χ1) is 9.49. The molecule has 1 aromatic heterocycles. The fourth-order valence-electron chi connectivity index (χ4n) is 2.19. The van der Waals surface area contributed by atoms with E-state index in [0.29, 0.717) is 10.9 Å². The molecule has 0 spiro atoms. The Balaban J connectivity index is 2.88. The number of benzene rings is 1. The van der Waals surface area contributed by atoms with Crippen molar-refractivity contribution in [2.75, 3.05) is 7.11 Å². The average molecular weight is 270 g/mol. The molecular formula is C15H14N2O3. The predicted molar refractivity (Wildman–Crippen MR) is 74.4 cm³/mol. The monoisotopic (exact) mass is 270 g/mol. The molecule has 0 saturated carbocycles. The molecule has 0 atom stereocenters. The molecule has 0 unspecified atom stereocenters. The number of methoxy groups -OCH3 is 1. The number of fused-ring (bicyclic) bond motifs is 1. The first-order valence-corrected chi connectivity index (χ1v) is 6.10. The van der Waals surface area contributed by atoms with Gasteiger partial charge in [0.1, 0.15) is 18.2 Å². The maximum atomic E-state index is 12.2. The second kappa shape index (κ2) is 5.17. The van der Waals surface area contributed by atoms with Gasteiger partial charge in [0.25, 0.3) is 0 Å². The number of nitriles is 1. The van der Waals surface area contributed by atoms with Gasteiger partial charge in [-0.1, -0.05) is 6.07 Å². The summed E-state index contributed by atoms with van der Waals surface area (Å²) in [6, 6.07) is 5.39. The van der Waals surface area contributed by atoms with Gasteiger partial charge in [-0.3, -0.25) is 9.59 Å². The molecule has 2 rings (SSSR count). The summed E-state index contributed by atoms with van der Waals surface area (Å²) in [7, 11) is 1.30. The molecule has 5 nitrogen and oxygen atoms in total. The molecule has 0 N–H and O–H groups in total. The lowest BCUT2D eigenvalue weighted by Crippen LogP contribution is -2.18. The van der Waals surface area contributed by atoms with E-state index in [9.17, 15) is 9.59 Å². The topological polar surface area (TPSA) is 72.1 Å². The van der Waals surface area contributed by atoms with Gasteiger partial charge in [0, 0.05) is 11.6 Å². The Bertz CT molecular complexity index is 797. The number of ether oxygens (including phenoxy) is 1. The summed E-state index contributed by atoms with van der Waals surface area (Å²) in [6.07, 6.45) is 1.41. The molecular weight excluding hydrogens is 256 g/mol. The molecule has 0 saturated heterocycles. The van der Waals surface area contributed by atoms with Gasteiger partial charge in [0.05, 0.1) is 12.6 Å². The number of hydrogen-bond donors (Lipinski definition) is 0. The van der Waals surface area contributed by atoms with Crippen molar-refractivity contribution >= 4 is 16.9 Å². The van der Waals surface area contributed by atoms with Crippen molar-refractivity contribution < 1.29 is 9.53 Å². The summed E-state index contributed by atoms with van der Waals surface area (Å²) in [6.45, 7) is 3.78. The highest BCUT2D eigenvalue weighted by atomic mass is 16.5. The lowest BCUT2D eigenvalue weighted by Gasteiger charge is -2.14. The van der Waals surface area contributed by atoms with Crippen LogP contribution in [0.2, 0.25) is 0 Å². The Morgan fingerprint density at radius 1 is 1.40 bits per heavy atom. The zero-order chi connectivity index (χ0) is 14.9. The third kappa shape index (κ3) is 2.16. The maximum Gasteiger partial charge on any atom is 0.325 e. The van der Waals surface area contributed by atoms with E-state index in [4.69, 9.17) is 5.26 Å². The van der Waals surface area contributed by atoms with Gasteiger partial charge in [-0.2, -0.15) is 5.26 Å². The van der Waals surface area contributed by atoms with Crippen molar-refractivity contribution in [2.24, 2.45) is 0 Å². The van der Waals surface area contributed by atoms with Crippen molar-refractivity contribution in [1.82, 2.24) is 4.57 Å². The van der Waals surface area contributed by atoms with Crippen LogP contribution < -0.4 is 5.43 Å². The third-order valence-corrected chi connectivity index (χ3v) is 3.41. The molecule has 1 aromatic carbocycles. The molecule has 0 aliphatic heterocycles. The number of nitrogens with zero attached hydrogens (tertiary/aromatic N) is 2. The molecule has 0 amide bonds. The van der Waals surface area contributed by atoms with E-state index >= 15 is 0 Å². The van der Waals surface area contributed by atoms with E-state index in [1.165, 1.54) is 13.3 Å². The lowest BCUT2D eigenvalue weighted by molar-refractivity contribution is -0.141. The van der Waals surface area contributed by atoms with Gasteiger partial charge in [-0.25, -0.2) is 0 Å². The minimum Gasteiger partial charge on any atom is -0.468 e. The smallest absolute Gasteiger partial charge is 0.325 e. The van der Waals surface area contributed by atoms with Crippen LogP contribution in [0.5, 0.6) is 0 Å². The fourth-order valence-corrected chi connectivity index (χ4v) is 2.19. The van der Waals surface area contributed by atoms with Gasteiger partial charge in [-0.05, 0) is 31.0 Å². The minimum absolute atomic E-state index is 0.0182. The molecule has 0 fully saturated rings. The molecule has 5 heteroatoms. The van der Waals surface area contributed by atoms with Gasteiger partial charge in [0.2, 0.25) is 5.43 Å². The SMILES string of the molecule is COC(=O)Cn1cc(C#N)c(=O)c2ccc(C)c(C)c21. The first-order valence-electron chi connectivity index (χ1n) is 6.10. The minimum atomic E-state index is -0.431. The molecule has 2 aromatic rings. The van der Waals surface area contributed by atoms with Gasteiger partial charge in [-0.15, -0.1) is 0 Å². The van der Waals surface area contributed by atoms with E-state index in [2.05, 4.69) is 4.74 Å². The van der Waals surface area contributed by atoms with E-state index in [1.807, 2.05) is 26.0 Å². The van der Waals surface area contributed by atoms with Crippen LogP contribution in [0.1, 0.15) is 16.7 Å². The summed E-state index contributed by atoms with van der Waals surface area (Å²) >= 11 is 0. The number of aryl methyl sites for hydroxylation is 2. The molecule has 102 valence electrons. The molecule has 0 aliphatic rings. The Morgan fingerprint density at radius 3 is 2.70 bits per heavy atom. The van der Waals surface area contributed by atoms with Crippen LogP contribution in [-0.2, 0) is 16.1 Å². The Kier molecular flexibility index (Phi) is 3.57. The highest BCUT2D eigenvalue weighted by Crippen LogP contribution is 2.20. The van der Waals surface area contributed by atoms with Crippen LogP contribution in [-0.4, -0.2) is 17.6 Å². The zero-order valence-corrected chi connectivity index (χ0v) is 11.6. The van der Waals surface area contributed by atoms with Crippen molar-refractivity contribution in [1.29, 1.82) is 5.26 Å². The summed E-state index contributed by atoms with van der Waals surface area (Å²) in [5.74, 6) is -0.431. The van der Waals surface area contributed by atoms with Crippen LogP contribution in [0, 0.1) is 25.2 Å². The van der Waals surface area contributed by atoms with Crippen molar-refractivity contribution in [3.05, 3.63) is 45.2 Å². The normalized spacial score (nSPS) is 10.3. The number of carbonyl (C=O) groups excluding carboxylic acids is 1. The van der Waals surface area contributed by atoms with Crippen molar-refractivity contribution in [3.63, 3.8) is 0 Å². The molecule has 0 radical (unpaired) electrons. The van der Waals surface area contributed by atoms with Crippen LogP contribution in [0.25, 0.3) is 10.9 Å². The van der Waals surface area contributed by atoms with Crippen LogP contribution in [0.3, 0.4) is 0 Å². The van der Waals surface area contributed by atoms with Crippen LogP contribution >= 0.6 is 0 Å². The third-order valence-electron chi connectivity index (χ3n) is 3.41. The Labute approximate surface area is 116 Å². The lowest BCUT2D eigenvalue weighted by atomic mass is 10.0. The largest absolute Gasteiger partial charge is 0.468 e. The zero-order valence-electron chi connectivity index (χ0n) is 11.6. The highest BCUT2D eigenvalue weighted by molar-refractivity contribution is 5.85. The number of pyridine rings is 1. The number of aromatic nitrogens is 1. The number of carbonyl (C=O) groups is 1. The molecule has 0 aliphatic carbocycles. The van der Waals surface area contributed by atoms with Gasteiger partial charge in [0.15, 0.2) is 0 Å². The molecule has 1 heterocycles. The number of rotatable bonds is 2. The summed E-state index contributed by atoms with van der Waals surface area (Å²) < 4.78 is 6.26. The van der Waals surface area contributed by atoms with Gasteiger partial charge >= 0.3 is 5.97 Å². The Morgan fingerprint density at radius 2 is 2.10 bits per heavy atom. The number of hydrogen-bond acceptors (Lipinski definition) is 4. The second-order valence-electron chi connectivity index (χ2n) is 4.59. The predicted octanol–water partition coefficient (Wildman–Crippen LogP) is 1.66. The van der Waals surface area contributed by atoms with Crippen LogP contribution in [0.4, 0.5) is 0 Å². The van der Waals surface area contributed by atoms with E-state index in [-0.39, 0.29) is 17.5 Å². The maximum absolute atomic E-state index is 12.2. The quantitative estimate of drug-likeness (QED) is 0.778. The van der Waals surface area contributed by atoms with E-state index in [1.54, 1.807) is 10.6 Å². The summed E-state index contributed by atoms with van der Waals surface area (Å²) in [5, 5.41) is 9.48. The number of esters is 1. The molecule has 20 heavy (non-hydrogen) atoms. The standard InChI is InChI=1S/C15H14N2O3/c1-9-4-5-12-14(10(9)2)17(8-13(18)20-3)7-11(6-16)15(12)19/h4-5,7H,8H2,1-3H3. The van der Waals surface area contributed by atoms with E-state index in [0.717, 1.165) is 11.1 Å². The Hall–Kier alpha value is -2.61. The highest BCUT2D eigenvalue weighted by Gasteiger charge is 2.14. The summed E-state index contributed by atoms with van der Waals surface area (Å²) in [5.41, 5.74) is 2.30. The molecule has 0 bridgehead atoms. The van der Waals surface area contributed by atoms with Crippen molar-refractivity contribution in [2.45, 2.75) is 20.4 Å². The summed E-state index contributed by atoms with van der Waals surface area (Å²) in [4.78, 5) is 23.7.